The zero-order valence-corrected chi connectivity index (χ0v) is 10.6. The number of nitrogens with one attached hydrogen (secondary N) is 1. The smallest absolute Gasteiger partial charge is 0.178 e. The highest BCUT2D eigenvalue weighted by molar-refractivity contribution is 9.10. The SMILES string of the molecule is Oc1ccc(-c2nc3ncc(Br)cc3[nH]2)c(O)c1. The van der Waals surface area contributed by atoms with Gasteiger partial charge in [-0.25, -0.2) is 9.97 Å². The molecule has 1 aromatic carbocycles. The minimum atomic E-state index is -0.0341. The summed E-state index contributed by atoms with van der Waals surface area (Å²) in [4.78, 5) is 11.5. The van der Waals surface area contributed by atoms with E-state index in [0.717, 1.165) is 9.99 Å². The summed E-state index contributed by atoms with van der Waals surface area (Å²) in [6.07, 6.45) is 1.66. The zero-order chi connectivity index (χ0) is 12.7. The van der Waals surface area contributed by atoms with E-state index in [1.807, 2.05) is 6.07 Å². The third-order valence-electron chi connectivity index (χ3n) is 2.54. The molecular weight excluding hydrogens is 298 g/mol. The number of phenolic OH excluding ortho intramolecular Hbond substituents is 2. The number of halogens is 1. The lowest BCUT2D eigenvalue weighted by Gasteiger charge is -2.00. The Morgan fingerprint density at radius 2 is 2.00 bits per heavy atom. The van der Waals surface area contributed by atoms with Crippen LogP contribution in [0.3, 0.4) is 0 Å². The number of phenols is 2. The lowest BCUT2D eigenvalue weighted by atomic mass is 10.2. The zero-order valence-electron chi connectivity index (χ0n) is 9.05. The van der Waals surface area contributed by atoms with E-state index in [2.05, 4.69) is 30.9 Å². The lowest BCUT2D eigenvalue weighted by Crippen LogP contribution is -1.81. The quantitative estimate of drug-likeness (QED) is 0.645. The van der Waals surface area contributed by atoms with Crippen LogP contribution in [0.4, 0.5) is 0 Å². The molecule has 0 amide bonds. The van der Waals surface area contributed by atoms with Crippen LogP contribution < -0.4 is 0 Å². The Morgan fingerprint density at radius 1 is 1.17 bits per heavy atom. The summed E-state index contributed by atoms with van der Waals surface area (Å²) in [5, 5.41) is 19.0. The highest BCUT2D eigenvalue weighted by atomic mass is 79.9. The van der Waals surface area contributed by atoms with E-state index in [-0.39, 0.29) is 11.5 Å². The summed E-state index contributed by atoms with van der Waals surface area (Å²) in [6.45, 7) is 0. The molecule has 0 bridgehead atoms. The van der Waals surface area contributed by atoms with E-state index in [1.165, 1.54) is 12.1 Å². The molecule has 2 heterocycles. The first-order valence-corrected chi connectivity index (χ1v) is 5.96. The molecule has 0 spiro atoms. The van der Waals surface area contributed by atoms with Crippen molar-refractivity contribution in [3.05, 3.63) is 34.9 Å². The number of rotatable bonds is 1. The van der Waals surface area contributed by atoms with Crippen molar-refractivity contribution < 1.29 is 10.2 Å². The van der Waals surface area contributed by atoms with Crippen LogP contribution in [0.2, 0.25) is 0 Å². The predicted molar refractivity (Wildman–Crippen MR) is 70.4 cm³/mol. The molecule has 18 heavy (non-hydrogen) atoms. The number of benzene rings is 1. The summed E-state index contributed by atoms with van der Waals surface area (Å²) in [7, 11) is 0. The summed E-state index contributed by atoms with van der Waals surface area (Å²) >= 11 is 3.33. The molecule has 0 aliphatic rings. The topological polar surface area (TPSA) is 82.0 Å². The van der Waals surface area contributed by atoms with Crippen LogP contribution in [0.1, 0.15) is 0 Å². The van der Waals surface area contributed by atoms with Gasteiger partial charge in [-0.05, 0) is 34.1 Å². The molecule has 0 atom stereocenters. The number of aromatic amines is 1. The van der Waals surface area contributed by atoms with Gasteiger partial charge in [0.2, 0.25) is 0 Å². The van der Waals surface area contributed by atoms with Crippen LogP contribution in [0.25, 0.3) is 22.6 Å². The third-order valence-corrected chi connectivity index (χ3v) is 2.97. The van der Waals surface area contributed by atoms with Gasteiger partial charge in [0.05, 0.1) is 11.1 Å². The van der Waals surface area contributed by atoms with E-state index in [9.17, 15) is 10.2 Å². The Hall–Kier alpha value is -2.08. The number of fused-ring (bicyclic) bond motifs is 1. The van der Waals surface area contributed by atoms with Gasteiger partial charge in [0.25, 0.3) is 0 Å². The van der Waals surface area contributed by atoms with Gasteiger partial charge in [-0.1, -0.05) is 0 Å². The summed E-state index contributed by atoms with van der Waals surface area (Å²) in [5.74, 6) is 0.481. The third kappa shape index (κ3) is 1.80. The van der Waals surface area contributed by atoms with Crippen molar-refractivity contribution in [2.45, 2.75) is 0 Å². The minimum absolute atomic E-state index is 0.00762. The molecular formula is C12H8BrN3O2. The molecule has 0 saturated heterocycles. The molecule has 0 aliphatic carbocycles. The van der Waals surface area contributed by atoms with Crippen LogP contribution in [0.15, 0.2) is 34.9 Å². The van der Waals surface area contributed by atoms with Gasteiger partial charge in [-0.15, -0.1) is 0 Å². The second kappa shape index (κ2) is 3.99. The van der Waals surface area contributed by atoms with Gasteiger partial charge in [0, 0.05) is 16.7 Å². The molecule has 6 heteroatoms. The largest absolute Gasteiger partial charge is 0.508 e. The Bertz CT molecular complexity index is 739. The minimum Gasteiger partial charge on any atom is -0.508 e. The molecule has 90 valence electrons. The monoisotopic (exact) mass is 305 g/mol. The van der Waals surface area contributed by atoms with Crippen molar-refractivity contribution in [1.29, 1.82) is 0 Å². The Kier molecular flexibility index (Phi) is 2.45. The molecule has 0 radical (unpaired) electrons. The second-order valence-corrected chi connectivity index (χ2v) is 4.73. The van der Waals surface area contributed by atoms with Gasteiger partial charge < -0.3 is 15.2 Å². The number of aromatic hydroxyl groups is 2. The maximum atomic E-state index is 9.77. The van der Waals surface area contributed by atoms with Crippen molar-refractivity contribution in [3.63, 3.8) is 0 Å². The van der Waals surface area contributed by atoms with E-state index in [4.69, 9.17) is 0 Å². The van der Waals surface area contributed by atoms with E-state index < -0.39 is 0 Å². The fourth-order valence-electron chi connectivity index (χ4n) is 1.72. The summed E-state index contributed by atoms with van der Waals surface area (Å²) < 4.78 is 0.847. The first-order chi connectivity index (χ1) is 8.63. The number of hydrogen-bond acceptors (Lipinski definition) is 4. The van der Waals surface area contributed by atoms with Crippen LogP contribution in [0.5, 0.6) is 11.5 Å². The number of aromatic nitrogens is 3. The summed E-state index contributed by atoms with van der Waals surface area (Å²) in [5.41, 5.74) is 1.86. The Balaban J connectivity index is 2.19. The van der Waals surface area contributed by atoms with E-state index in [1.54, 1.807) is 12.3 Å². The van der Waals surface area contributed by atoms with Crippen LogP contribution in [0, 0.1) is 0 Å². The van der Waals surface area contributed by atoms with Crippen LogP contribution in [-0.2, 0) is 0 Å². The average molecular weight is 306 g/mol. The molecule has 0 unspecified atom stereocenters. The first-order valence-electron chi connectivity index (χ1n) is 5.17. The van der Waals surface area contributed by atoms with Crippen molar-refractivity contribution in [3.8, 4) is 22.9 Å². The predicted octanol–water partition coefficient (Wildman–Crippen LogP) is 2.80. The molecule has 0 saturated carbocycles. The first kappa shape index (κ1) is 11.0. The molecule has 2 aromatic heterocycles. The normalized spacial score (nSPS) is 10.9. The molecule has 0 aliphatic heterocycles. The molecule has 3 aromatic rings. The van der Waals surface area contributed by atoms with Crippen molar-refractivity contribution >= 4 is 27.1 Å². The van der Waals surface area contributed by atoms with Crippen LogP contribution >= 0.6 is 15.9 Å². The standard InChI is InChI=1S/C12H8BrN3O2/c13-6-3-9-12(14-5-6)16-11(15-9)8-2-1-7(17)4-10(8)18/h1-5,17-18H,(H,14,15,16). The Labute approximate surface area is 110 Å². The maximum Gasteiger partial charge on any atom is 0.178 e. The molecule has 3 N–H and O–H groups in total. The van der Waals surface area contributed by atoms with E-state index in [0.29, 0.717) is 17.0 Å². The number of imidazole rings is 1. The Morgan fingerprint density at radius 3 is 2.78 bits per heavy atom. The highest BCUT2D eigenvalue weighted by Crippen LogP contribution is 2.31. The highest BCUT2D eigenvalue weighted by Gasteiger charge is 2.10. The number of pyridine rings is 1. The number of H-pyrrole nitrogens is 1. The maximum absolute atomic E-state index is 9.77. The summed E-state index contributed by atoms with van der Waals surface area (Å²) in [6, 6.07) is 6.21. The van der Waals surface area contributed by atoms with Gasteiger partial charge >= 0.3 is 0 Å². The lowest BCUT2D eigenvalue weighted by molar-refractivity contribution is 0.451. The van der Waals surface area contributed by atoms with Crippen LogP contribution in [-0.4, -0.2) is 25.2 Å². The average Bonchev–Trinajstić information content (AvgIpc) is 2.71. The number of nitrogens with zero attached hydrogens (tertiary/aromatic N) is 2. The fraction of sp³-hybridized carbons (Fsp3) is 0. The van der Waals surface area contributed by atoms with Gasteiger partial charge in [0.1, 0.15) is 17.3 Å². The molecule has 0 fully saturated rings. The van der Waals surface area contributed by atoms with Gasteiger partial charge in [-0.3, -0.25) is 0 Å². The van der Waals surface area contributed by atoms with Crippen molar-refractivity contribution in [2.24, 2.45) is 0 Å². The van der Waals surface area contributed by atoms with E-state index >= 15 is 0 Å². The number of hydrogen-bond donors (Lipinski definition) is 3. The van der Waals surface area contributed by atoms with Crippen molar-refractivity contribution in [1.82, 2.24) is 15.0 Å². The second-order valence-electron chi connectivity index (χ2n) is 3.81. The van der Waals surface area contributed by atoms with Gasteiger partial charge in [-0.2, -0.15) is 0 Å². The van der Waals surface area contributed by atoms with Gasteiger partial charge in [0.15, 0.2) is 5.65 Å². The molecule has 5 nitrogen and oxygen atoms in total. The molecule has 3 rings (SSSR count). The fourth-order valence-corrected chi connectivity index (χ4v) is 2.05. The van der Waals surface area contributed by atoms with Crippen molar-refractivity contribution in [2.75, 3.05) is 0 Å².